The number of hydrogen-bond donors (Lipinski definition) is 0. The topological polar surface area (TPSA) is 78.9 Å². The van der Waals surface area contributed by atoms with E-state index in [2.05, 4.69) is 142 Å². The SMILES string of the molecule is CC/C=C\C/C=C\C/C=C\C/C=C\C/C=C\C/C=C\CCC(=O)OC(COC(=O)CCCCCCC)COC(=O)CCCCCCCCCCCCCCC/C=C\C/C=C\C/C=C\C/C=C\C/C=C\CC. The van der Waals surface area contributed by atoms with Gasteiger partial charge in [-0.25, -0.2) is 0 Å². The Morgan fingerprint density at radius 2 is 0.577 bits per heavy atom. The smallest absolute Gasteiger partial charge is 0.306 e. The summed E-state index contributed by atoms with van der Waals surface area (Å²) in [5.41, 5.74) is 0. The van der Waals surface area contributed by atoms with Crippen LogP contribution in [0.1, 0.15) is 239 Å². The van der Waals surface area contributed by atoms with Gasteiger partial charge in [0.15, 0.2) is 6.10 Å². The van der Waals surface area contributed by atoms with Crippen LogP contribution in [0.3, 0.4) is 0 Å². The lowest BCUT2D eigenvalue weighted by Crippen LogP contribution is -2.30. The summed E-state index contributed by atoms with van der Waals surface area (Å²) >= 11 is 0. The lowest BCUT2D eigenvalue weighted by Gasteiger charge is -2.18. The van der Waals surface area contributed by atoms with Crippen LogP contribution in [-0.2, 0) is 28.6 Å². The maximum absolute atomic E-state index is 12.7. The lowest BCUT2D eigenvalue weighted by atomic mass is 10.0. The molecule has 0 rings (SSSR count). The van der Waals surface area contributed by atoms with Crippen molar-refractivity contribution in [3.8, 4) is 0 Å². The van der Waals surface area contributed by atoms with Crippen molar-refractivity contribution < 1.29 is 28.6 Å². The average Bonchev–Trinajstić information content (AvgIpc) is 3.37. The largest absolute Gasteiger partial charge is 0.462 e. The molecule has 0 radical (unpaired) electrons. The zero-order valence-electron chi connectivity index (χ0n) is 45.7. The van der Waals surface area contributed by atoms with E-state index < -0.39 is 12.1 Å². The standard InChI is InChI=1S/C65H104O6/c1-4-7-10-13-15-17-19-21-23-25-27-28-29-30-31-32-33-34-35-36-38-39-41-43-45-47-49-52-55-58-64(67)70-61-62(60-69-63(66)57-54-51-12-9-6-3)71-65(68)59-56-53-50-48-46-44-42-40-37-26-24-22-20-18-16-14-11-8-5-2/h7-8,10-11,15-18,21-24,27-28,30-31,37,40,44,46,50,53,62H,4-6,9,12-14,19-20,25-26,29,32-36,38-39,41-43,45,47-49,51-52,54-61H2,1-3H3/b10-7-,11-8-,17-15-,18-16-,23-21-,24-22-,28-27-,31-30-,40-37-,46-44-,53-50-. The number of hydrogen-bond acceptors (Lipinski definition) is 6. The summed E-state index contributed by atoms with van der Waals surface area (Å²) in [5.74, 6) is -1.02. The molecule has 6 nitrogen and oxygen atoms in total. The molecule has 0 aliphatic carbocycles. The predicted molar refractivity (Wildman–Crippen MR) is 306 cm³/mol. The monoisotopic (exact) mass is 981 g/mol. The van der Waals surface area contributed by atoms with E-state index in [0.717, 1.165) is 122 Å². The zero-order chi connectivity index (χ0) is 51.4. The molecule has 0 amide bonds. The second kappa shape index (κ2) is 58.1. The van der Waals surface area contributed by atoms with Gasteiger partial charge in [0, 0.05) is 19.3 Å². The Kier molecular flexibility index (Phi) is 54.5. The van der Waals surface area contributed by atoms with Gasteiger partial charge in [-0.05, 0) is 103 Å². The van der Waals surface area contributed by atoms with E-state index in [0.29, 0.717) is 19.3 Å². The molecule has 0 spiro atoms. The molecule has 0 heterocycles. The van der Waals surface area contributed by atoms with Crippen molar-refractivity contribution in [3.05, 3.63) is 134 Å². The van der Waals surface area contributed by atoms with Crippen molar-refractivity contribution in [2.45, 2.75) is 245 Å². The van der Waals surface area contributed by atoms with Crippen molar-refractivity contribution in [2.24, 2.45) is 0 Å². The highest BCUT2D eigenvalue weighted by Crippen LogP contribution is 2.15. The Morgan fingerprint density at radius 1 is 0.296 bits per heavy atom. The van der Waals surface area contributed by atoms with E-state index >= 15 is 0 Å². The Bertz CT molecular complexity index is 1550. The molecule has 400 valence electrons. The third-order valence-electron chi connectivity index (χ3n) is 11.7. The molecular formula is C65H104O6. The first-order chi connectivity index (χ1) is 35.0. The molecule has 0 N–H and O–H groups in total. The van der Waals surface area contributed by atoms with Crippen molar-refractivity contribution >= 4 is 17.9 Å². The molecule has 6 heteroatoms. The van der Waals surface area contributed by atoms with E-state index in [1.807, 2.05) is 12.2 Å². The fraction of sp³-hybridized carbons (Fsp3) is 0.615. The molecule has 0 fully saturated rings. The number of allylic oxidation sites excluding steroid dienone is 22. The molecule has 1 atom stereocenters. The van der Waals surface area contributed by atoms with Gasteiger partial charge in [-0.15, -0.1) is 0 Å². The van der Waals surface area contributed by atoms with Crippen LogP contribution in [0.25, 0.3) is 0 Å². The highest BCUT2D eigenvalue weighted by molar-refractivity contribution is 5.71. The van der Waals surface area contributed by atoms with Crippen molar-refractivity contribution in [3.63, 3.8) is 0 Å². The number of carbonyl (C=O) groups is 3. The van der Waals surface area contributed by atoms with Gasteiger partial charge in [0.1, 0.15) is 13.2 Å². The summed E-state index contributed by atoms with van der Waals surface area (Å²) in [5, 5.41) is 0. The van der Waals surface area contributed by atoms with Crippen LogP contribution in [0.5, 0.6) is 0 Å². The molecule has 0 aromatic rings. The highest BCUT2D eigenvalue weighted by Gasteiger charge is 2.19. The van der Waals surface area contributed by atoms with Gasteiger partial charge in [0.05, 0.1) is 0 Å². The Morgan fingerprint density at radius 3 is 0.915 bits per heavy atom. The summed E-state index contributed by atoms with van der Waals surface area (Å²) in [4.78, 5) is 37.8. The Labute approximate surface area is 436 Å². The predicted octanol–water partition coefficient (Wildman–Crippen LogP) is 19.4. The van der Waals surface area contributed by atoms with E-state index in [9.17, 15) is 14.4 Å². The minimum atomic E-state index is -0.819. The first-order valence-corrected chi connectivity index (χ1v) is 28.7. The third kappa shape index (κ3) is 56.3. The average molecular weight is 982 g/mol. The first-order valence-electron chi connectivity index (χ1n) is 28.7. The first kappa shape index (κ1) is 66.6. The number of unbranched alkanes of at least 4 members (excludes halogenated alkanes) is 17. The second-order valence-electron chi connectivity index (χ2n) is 18.4. The minimum absolute atomic E-state index is 0.112. The summed E-state index contributed by atoms with van der Waals surface area (Å²) in [6.45, 7) is 6.25. The summed E-state index contributed by atoms with van der Waals surface area (Å²) in [6.07, 6.45) is 82.2. The van der Waals surface area contributed by atoms with Crippen LogP contribution in [0.15, 0.2) is 134 Å². The molecule has 0 saturated carbocycles. The van der Waals surface area contributed by atoms with E-state index in [-0.39, 0.29) is 31.6 Å². The summed E-state index contributed by atoms with van der Waals surface area (Å²) in [7, 11) is 0. The van der Waals surface area contributed by atoms with Gasteiger partial charge < -0.3 is 14.2 Å². The van der Waals surface area contributed by atoms with Crippen LogP contribution >= 0.6 is 0 Å². The number of rotatable bonds is 50. The van der Waals surface area contributed by atoms with Gasteiger partial charge in [-0.2, -0.15) is 0 Å². The molecule has 0 aromatic heterocycles. The quantitative estimate of drug-likeness (QED) is 0.0262. The van der Waals surface area contributed by atoms with Crippen LogP contribution in [0, 0.1) is 0 Å². The molecule has 0 aliphatic rings. The van der Waals surface area contributed by atoms with Gasteiger partial charge in [-0.3, -0.25) is 14.4 Å². The maximum atomic E-state index is 12.7. The third-order valence-corrected chi connectivity index (χ3v) is 11.7. The van der Waals surface area contributed by atoms with E-state index in [1.165, 1.54) is 70.6 Å². The van der Waals surface area contributed by atoms with Gasteiger partial charge in [-0.1, -0.05) is 251 Å². The van der Waals surface area contributed by atoms with Crippen molar-refractivity contribution in [1.29, 1.82) is 0 Å². The van der Waals surface area contributed by atoms with Crippen LogP contribution < -0.4 is 0 Å². The molecule has 0 saturated heterocycles. The molecule has 1 unspecified atom stereocenters. The maximum Gasteiger partial charge on any atom is 0.306 e. The highest BCUT2D eigenvalue weighted by atomic mass is 16.6. The lowest BCUT2D eigenvalue weighted by molar-refractivity contribution is -0.166. The van der Waals surface area contributed by atoms with Crippen molar-refractivity contribution in [1.82, 2.24) is 0 Å². The summed E-state index contributed by atoms with van der Waals surface area (Å²) in [6, 6.07) is 0. The zero-order valence-corrected chi connectivity index (χ0v) is 45.7. The van der Waals surface area contributed by atoms with Crippen molar-refractivity contribution in [2.75, 3.05) is 13.2 Å². The summed E-state index contributed by atoms with van der Waals surface area (Å²) < 4.78 is 16.6. The Hall–Kier alpha value is -4.45. The van der Waals surface area contributed by atoms with Crippen LogP contribution in [-0.4, -0.2) is 37.2 Å². The van der Waals surface area contributed by atoms with Gasteiger partial charge in [0.2, 0.25) is 0 Å². The van der Waals surface area contributed by atoms with Gasteiger partial charge >= 0.3 is 17.9 Å². The second-order valence-corrected chi connectivity index (χ2v) is 18.4. The minimum Gasteiger partial charge on any atom is -0.462 e. The van der Waals surface area contributed by atoms with Crippen LogP contribution in [0.2, 0.25) is 0 Å². The van der Waals surface area contributed by atoms with E-state index in [1.54, 1.807) is 0 Å². The molecule has 0 bridgehead atoms. The molecule has 0 aliphatic heterocycles. The molecule has 0 aromatic carbocycles. The van der Waals surface area contributed by atoms with Crippen LogP contribution in [0.4, 0.5) is 0 Å². The fourth-order valence-corrected chi connectivity index (χ4v) is 7.44. The fourth-order valence-electron chi connectivity index (χ4n) is 7.44. The molecular weight excluding hydrogens is 877 g/mol. The van der Waals surface area contributed by atoms with Gasteiger partial charge in [0.25, 0.3) is 0 Å². The Balaban J connectivity index is 4.16. The normalized spacial score (nSPS) is 13.1. The molecule has 71 heavy (non-hydrogen) atoms. The number of ether oxygens (including phenoxy) is 3. The van der Waals surface area contributed by atoms with E-state index in [4.69, 9.17) is 14.2 Å². The number of esters is 3. The number of carbonyl (C=O) groups excluding carboxylic acids is 3.